The fourth-order valence-electron chi connectivity index (χ4n) is 1.93. The van der Waals surface area contributed by atoms with Gasteiger partial charge in [-0.15, -0.1) is 0 Å². The van der Waals surface area contributed by atoms with Gasteiger partial charge in [-0.1, -0.05) is 15.9 Å². The second-order valence-electron chi connectivity index (χ2n) is 4.82. The number of nitrogens with zero attached hydrogens (tertiary/aromatic N) is 2. The van der Waals surface area contributed by atoms with E-state index in [2.05, 4.69) is 21.2 Å². The summed E-state index contributed by atoms with van der Waals surface area (Å²) in [6.07, 6.45) is 0. The van der Waals surface area contributed by atoms with E-state index in [1.165, 1.54) is 6.07 Å². The summed E-state index contributed by atoms with van der Waals surface area (Å²) in [5.41, 5.74) is 1.20. The molecular formula is C15H14BrN3O3. The van der Waals surface area contributed by atoms with Gasteiger partial charge in [0.15, 0.2) is 0 Å². The highest BCUT2D eigenvalue weighted by Gasteiger charge is 2.18. The number of hydrogen-bond acceptors (Lipinski definition) is 4. The zero-order chi connectivity index (χ0) is 16.3. The number of hydrogen-bond donors (Lipinski definition) is 1. The minimum atomic E-state index is -0.494. The monoisotopic (exact) mass is 363 g/mol. The first-order valence-corrected chi connectivity index (χ1v) is 7.20. The average molecular weight is 364 g/mol. The molecule has 0 bridgehead atoms. The molecule has 0 aliphatic heterocycles. The normalized spacial score (nSPS) is 10.1. The standard InChI is InChI=1S/C15H14BrN3O3/c1-18(2)13-8-3-10(9-14(13)19(21)22)15(20)17-12-6-4-11(16)5-7-12/h3-9H,1-2H3,(H,17,20). The van der Waals surface area contributed by atoms with Gasteiger partial charge in [-0.2, -0.15) is 0 Å². The summed E-state index contributed by atoms with van der Waals surface area (Å²) in [5, 5.41) is 13.8. The Balaban J connectivity index is 2.28. The Bertz CT molecular complexity index is 714. The van der Waals surface area contributed by atoms with E-state index in [1.54, 1.807) is 55.4 Å². The summed E-state index contributed by atoms with van der Waals surface area (Å²) < 4.78 is 0.900. The van der Waals surface area contributed by atoms with Crippen molar-refractivity contribution in [1.82, 2.24) is 0 Å². The number of nitro benzene ring substituents is 1. The van der Waals surface area contributed by atoms with Crippen molar-refractivity contribution >= 4 is 38.9 Å². The minimum Gasteiger partial charge on any atom is -0.372 e. The summed E-state index contributed by atoms with van der Waals surface area (Å²) in [6.45, 7) is 0. The first-order chi connectivity index (χ1) is 10.4. The van der Waals surface area contributed by atoms with Crippen LogP contribution in [-0.2, 0) is 0 Å². The van der Waals surface area contributed by atoms with Crippen molar-refractivity contribution in [3.8, 4) is 0 Å². The fourth-order valence-corrected chi connectivity index (χ4v) is 2.19. The van der Waals surface area contributed by atoms with Crippen LogP contribution in [0.4, 0.5) is 17.1 Å². The van der Waals surface area contributed by atoms with E-state index < -0.39 is 10.8 Å². The lowest BCUT2D eigenvalue weighted by molar-refractivity contribution is -0.384. The molecule has 6 nitrogen and oxygen atoms in total. The predicted molar refractivity (Wildman–Crippen MR) is 89.5 cm³/mol. The number of nitro groups is 1. The van der Waals surface area contributed by atoms with E-state index in [-0.39, 0.29) is 11.3 Å². The van der Waals surface area contributed by atoms with Crippen LogP contribution in [0.1, 0.15) is 10.4 Å². The highest BCUT2D eigenvalue weighted by atomic mass is 79.9. The number of carbonyl (C=O) groups is 1. The van der Waals surface area contributed by atoms with Crippen LogP contribution in [0.25, 0.3) is 0 Å². The van der Waals surface area contributed by atoms with Gasteiger partial charge in [0, 0.05) is 35.9 Å². The van der Waals surface area contributed by atoms with Crippen LogP contribution in [0, 0.1) is 10.1 Å². The molecule has 2 aromatic carbocycles. The Hall–Kier alpha value is -2.41. The van der Waals surface area contributed by atoms with Crippen LogP contribution in [0.3, 0.4) is 0 Å². The van der Waals surface area contributed by atoms with Crippen LogP contribution in [-0.4, -0.2) is 24.9 Å². The molecular weight excluding hydrogens is 350 g/mol. The SMILES string of the molecule is CN(C)c1ccc(C(=O)Nc2ccc(Br)cc2)cc1[N+](=O)[O-]. The van der Waals surface area contributed by atoms with Crippen molar-refractivity contribution in [1.29, 1.82) is 0 Å². The van der Waals surface area contributed by atoms with Gasteiger partial charge in [-0.05, 0) is 36.4 Å². The molecule has 1 amide bonds. The van der Waals surface area contributed by atoms with Crippen molar-refractivity contribution < 1.29 is 9.72 Å². The first kappa shape index (κ1) is 16.0. The maximum Gasteiger partial charge on any atom is 0.293 e. The van der Waals surface area contributed by atoms with E-state index in [0.717, 1.165) is 4.47 Å². The molecule has 0 saturated carbocycles. The van der Waals surface area contributed by atoms with Gasteiger partial charge in [0.1, 0.15) is 5.69 Å². The Morgan fingerprint density at radius 1 is 1.18 bits per heavy atom. The largest absolute Gasteiger partial charge is 0.372 e. The highest BCUT2D eigenvalue weighted by Crippen LogP contribution is 2.28. The molecule has 0 saturated heterocycles. The fraction of sp³-hybridized carbons (Fsp3) is 0.133. The number of amides is 1. The first-order valence-electron chi connectivity index (χ1n) is 6.41. The van der Waals surface area contributed by atoms with Crippen molar-refractivity contribution in [2.45, 2.75) is 0 Å². The third-order valence-corrected chi connectivity index (χ3v) is 3.55. The second-order valence-corrected chi connectivity index (χ2v) is 5.73. The summed E-state index contributed by atoms with van der Waals surface area (Å²) in [5.74, 6) is -0.393. The molecule has 0 spiro atoms. The van der Waals surface area contributed by atoms with E-state index in [1.807, 2.05) is 0 Å². The maximum absolute atomic E-state index is 12.2. The molecule has 0 aromatic heterocycles. The molecule has 0 unspecified atom stereocenters. The van der Waals surface area contributed by atoms with Crippen LogP contribution < -0.4 is 10.2 Å². The zero-order valence-electron chi connectivity index (χ0n) is 12.0. The number of carbonyl (C=O) groups excluding carboxylic acids is 1. The van der Waals surface area contributed by atoms with Gasteiger partial charge in [0.05, 0.1) is 4.92 Å². The topological polar surface area (TPSA) is 75.5 Å². The Morgan fingerprint density at radius 2 is 1.82 bits per heavy atom. The molecule has 2 aromatic rings. The minimum absolute atomic E-state index is 0.103. The van der Waals surface area contributed by atoms with Gasteiger partial charge in [-0.25, -0.2) is 0 Å². The summed E-state index contributed by atoms with van der Waals surface area (Å²) in [7, 11) is 3.42. The highest BCUT2D eigenvalue weighted by molar-refractivity contribution is 9.10. The van der Waals surface area contributed by atoms with Gasteiger partial charge < -0.3 is 10.2 Å². The second kappa shape index (κ2) is 6.57. The zero-order valence-corrected chi connectivity index (χ0v) is 13.6. The van der Waals surface area contributed by atoms with Gasteiger partial charge in [-0.3, -0.25) is 14.9 Å². The molecule has 22 heavy (non-hydrogen) atoms. The Kier molecular flexibility index (Phi) is 4.77. The third-order valence-electron chi connectivity index (χ3n) is 3.02. The molecule has 1 N–H and O–H groups in total. The molecule has 0 aliphatic carbocycles. The van der Waals surface area contributed by atoms with E-state index in [0.29, 0.717) is 11.4 Å². The molecule has 7 heteroatoms. The van der Waals surface area contributed by atoms with E-state index >= 15 is 0 Å². The van der Waals surface area contributed by atoms with Gasteiger partial charge in [0.2, 0.25) is 0 Å². The van der Waals surface area contributed by atoms with E-state index in [9.17, 15) is 14.9 Å². The van der Waals surface area contributed by atoms with Crippen LogP contribution >= 0.6 is 15.9 Å². The number of benzene rings is 2. The molecule has 0 aliphatic rings. The van der Waals surface area contributed by atoms with Crippen molar-refractivity contribution in [2.24, 2.45) is 0 Å². The van der Waals surface area contributed by atoms with Crippen LogP contribution in [0.2, 0.25) is 0 Å². The van der Waals surface area contributed by atoms with Crippen LogP contribution in [0.5, 0.6) is 0 Å². The lowest BCUT2D eigenvalue weighted by atomic mass is 10.1. The van der Waals surface area contributed by atoms with Crippen LogP contribution in [0.15, 0.2) is 46.9 Å². The number of halogens is 1. The van der Waals surface area contributed by atoms with Crippen molar-refractivity contribution in [3.05, 3.63) is 62.6 Å². The lowest BCUT2D eigenvalue weighted by Gasteiger charge is -2.13. The predicted octanol–water partition coefficient (Wildman–Crippen LogP) is 3.68. The number of rotatable bonds is 4. The van der Waals surface area contributed by atoms with Gasteiger partial charge in [0.25, 0.3) is 11.6 Å². The quantitative estimate of drug-likeness (QED) is 0.663. The number of nitrogens with one attached hydrogen (secondary N) is 1. The summed E-state index contributed by atoms with van der Waals surface area (Å²) >= 11 is 3.31. The molecule has 0 radical (unpaired) electrons. The average Bonchev–Trinajstić information content (AvgIpc) is 2.48. The molecule has 114 valence electrons. The summed E-state index contributed by atoms with van der Waals surface area (Å²) in [6, 6.07) is 11.5. The lowest BCUT2D eigenvalue weighted by Crippen LogP contribution is -2.15. The third kappa shape index (κ3) is 3.62. The van der Waals surface area contributed by atoms with Crippen molar-refractivity contribution in [2.75, 3.05) is 24.3 Å². The molecule has 0 fully saturated rings. The smallest absolute Gasteiger partial charge is 0.293 e. The van der Waals surface area contributed by atoms with Crippen molar-refractivity contribution in [3.63, 3.8) is 0 Å². The Morgan fingerprint density at radius 3 is 2.36 bits per heavy atom. The Labute approximate surface area is 136 Å². The maximum atomic E-state index is 12.2. The van der Waals surface area contributed by atoms with E-state index in [4.69, 9.17) is 0 Å². The summed E-state index contributed by atoms with van der Waals surface area (Å²) in [4.78, 5) is 24.5. The molecule has 0 heterocycles. The van der Waals surface area contributed by atoms with Gasteiger partial charge >= 0.3 is 0 Å². The molecule has 0 atom stereocenters. The number of anilines is 2. The molecule has 2 rings (SSSR count).